The molecule has 1 aliphatic heterocycles. The number of thiazole rings is 1. The summed E-state index contributed by atoms with van der Waals surface area (Å²) >= 11 is 2.86. The number of benzene rings is 2. The number of rotatable bonds is 6. The van der Waals surface area contributed by atoms with Crippen molar-refractivity contribution >= 4 is 59.7 Å². The molecule has 0 spiro atoms. The van der Waals surface area contributed by atoms with Crippen LogP contribution in [0.5, 0.6) is 0 Å². The first-order valence-electron chi connectivity index (χ1n) is 11.8. The third kappa shape index (κ3) is 5.25. The minimum atomic E-state index is -3.81. The second-order valence-corrected chi connectivity index (χ2v) is 12.8. The fourth-order valence-electron chi connectivity index (χ4n) is 4.23. The molecule has 0 atom stereocenters. The van der Waals surface area contributed by atoms with Gasteiger partial charge < -0.3 is 15.0 Å². The topological polar surface area (TPSA) is 106 Å². The molecule has 3 heterocycles. The predicted molar refractivity (Wildman–Crippen MR) is 146 cm³/mol. The predicted octanol–water partition coefficient (Wildman–Crippen LogP) is 5.26. The van der Waals surface area contributed by atoms with Gasteiger partial charge in [0.2, 0.25) is 5.91 Å². The van der Waals surface area contributed by atoms with Gasteiger partial charge in [-0.25, -0.2) is 18.2 Å². The molecule has 8 nitrogen and oxygen atoms in total. The Balaban J connectivity index is 1.48. The number of nitrogens with zero attached hydrogens (tertiary/aromatic N) is 2. The molecule has 192 valence electrons. The molecule has 11 heteroatoms. The zero-order chi connectivity index (χ0) is 26.2. The highest BCUT2D eigenvalue weighted by molar-refractivity contribution is 7.92. The summed E-state index contributed by atoms with van der Waals surface area (Å²) in [6.07, 6.45) is 0.200. The van der Waals surface area contributed by atoms with Crippen LogP contribution in [0.2, 0.25) is 0 Å². The van der Waals surface area contributed by atoms with Crippen LogP contribution < -0.4 is 5.32 Å². The largest absolute Gasteiger partial charge is 0.450 e. The number of sulfone groups is 1. The third-order valence-corrected chi connectivity index (χ3v) is 9.86. The highest BCUT2D eigenvalue weighted by atomic mass is 32.2. The molecule has 1 N–H and O–H groups in total. The van der Waals surface area contributed by atoms with Crippen molar-refractivity contribution in [2.24, 2.45) is 0 Å². The molecule has 0 saturated heterocycles. The molecule has 5 rings (SSSR count). The Morgan fingerprint density at radius 2 is 1.86 bits per heavy atom. The van der Waals surface area contributed by atoms with Gasteiger partial charge in [0.15, 0.2) is 9.84 Å². The number of anilines is 1. The lowest BCUT2D eigenvalue weighted by atomic mass is 10.0. The van der Waals surface area contributed by atoms with Gasteiger partial charge in [0.05, 0.1) is 28.3 Å². The van der Waals surface area contributed by atoms with Gasteiger partial charge in [-0.15, -0.1) is 22.7 Å². The summed E-state index contributed by atoms with van der Waals surface area (Å²) in [5.74, 6) is -1.30. The average molecular weight is 556 g/mol. The Labute approximate surface area is 222 Å². The highest BCUT2D eigenvalue weighted by Gasteiger charge is 2.30. The molecule has 0 fully saturated rings. The zero-order valence-corrected chi connectivity index (χ0v) is 22.8. The highest BCUT2D eigenvalue weighted by Crippen LogP contribution is 2.45. The van der Waals surface area contributed by atoms with E-state index in [0.29, 0.717) is 31.1 Å². The molecule has 2 amide bonds. The molecule has 0 saturated carbocycles. The van der Waals surface area contributed by atoms with Crippen molar-refractivity contribution in [3.05, 3.63) is 64.5 Å². The number of ether oxygens (including phenoxy) is 1. The number of amides is 2. The zero-order valence-electron chi connectivity index (χ0n) is 20.3. The Morgan fingerprint density at radius 3 is 2.59 bits per heavy atom. The number of hydrogen-bond acceptors (Lipinski definition) is 8. The van der Waals surface area contributed by atoms with Crippen LogP contribution in [0.15, 0.2) is 53.4 Å². The summed E-state index contributed by atoms with van der Waals surface area (Å²) in [6, 6.07) is 14.2. The molecule has 37 heavy (non-hydrogen) atoms. The molecule has 2 aromatic heterocycles. The van der Waals surface area contributed by atoms with Crippen LogP contribution in [0.25, 0.3) is 20.8 Å². The summed E-state index contributed by atoms with van der Waals surface area (Å²) in [4.78, 5) is 32.8. The van der Waals surface area contributed by atoms with E-state index < -0.39 is 21.5 Å². The summed E-state index contributed by atoms with van der Waals surface area (Å²) in [6.45, 7) is 4.76. The second kappa shape index (κ2) is 10.2. The number of para-hydroxylation sites is 1. The summed E-state index contributed by atoms with van der Waals surface area (Å²) in [5, 5.41) is 4.14. The Morgan fingerprint density at radius 1 is 1.11 bits per heavy atom. The Kier molecular flexibility index (Phi) is 7.02. The van der Waals surface area contributed by atoms with Crippen molar-refractivity contribution in [1.82, 2.24) is 9.88 Å². The van der Waals surface area contributed by atoms with E-state index in [1.54, 1.807) is 24.0 Å². The molecular weight excluding hydrogens is 531 g/mol. The maximum Gasteiger partial charge on any atom is 0.410 e. The number of thiophene rings is 1. The van der Waals surface area contributed by atoms with E-state index in [-0.39, 0.29) is 11.0 Å². The molecular formula is C26H25N3O5S3. The lowest BCUT2D eigenvalue weighted by Gasteiger charge is -2.26. The Hall–Kier alpha value is -3.28. The van der Waals surface area contributed by atoms with E-state index in [1.807, 2.05) is 31.2 Å². The minimum absolute atomic E-state index is 0.107. The van der Waals surface area contributed by atoms with Crippen LogP contribution in [-0.2, 0) is 32.3 Å². The van der Waals surface area contributed by atoms with Crippen molar-refractivity contribution in [1.29, 1.82) is 0 Å². The van der Waals surface area contributed by atoms with Crippen molar-refractivity contribution in [2.45, 2.75) is 31.7 Å². The number of nitrogens with one attached hydrogen (secondary N) is 1. The Bertz CT molecular complexity index is 1560. The number of carbonyl (C=O) groups excluding carboxylic acids is 2. The quantitative estimate of drug-likeness (QED) is 0.348. The van der Waals surface area contributed by atoms with E-state index in [2.05, 4.69) is 5.32 Å². The van der Waals surface area contributed by atoms with Crippen LogP contribution in [-0.4, -0.2) is 49.2 Å². The fourth-order valence-corrected chi connectivity index (χ4v) is 7.76. The fraction of sp³-hybridized carbons (Fsp3) is 0.269. The SMILES string of the molecule is CCOC(=O)N1CCc2c(sc(NC(=O)CS(=O)(=O)c3ccc(C)cc3)c2-c2nc3ccccc3s2)C1. The number of carbonyl (C=O) groups is 2. The first-order chi connectivity index (χ1) is 17.7. The van der Waals surface area contributed by atoms with Gasteiger partial charge in [-0.05, 0) is 50.1 Å². The van der Waals surface area contributed by atoms with Gasteiger partial charge in [-0.1, -0.05) is 29.8 Å². The van der Waals surface area contributed by atoms with Crippen molar-refractivity contribution < 1.29 is 22.7 Å². The average Bonchev–Trinajstić information content (AvgIpc) is 3.44. The smallest absolute Gasteiger partial charge is 0.410 e. The second-order valence-electron chi connectivity index (χ2n) is 8.69. The maximum atomic E-state index is 13.0. The first kappa shape index (κ1) is 25.4. The van der Waals surface area contributed by atoms with Crippen molar-refractivity contribution in [2.75, 3.05) is 24.2 Å². The van der Waals surface area contributed by atoms with E-state index in [0.717, 1.165) is 36.8 Å². The normalized spacial score (nSPS) is 13.4. The minimum Gasteiger partial charge on any atom is -0.450 e. The summed E-state index contributed by atoms with van der Waals surface area (Å²) in [5.41, 5.74) is 3.60. The third-order valence-electron chi connectivity index (χ3n) is 6.04. The van der Waals surface area contributed by atoms with Gasteiger partial charge in [0.1, 0.15) is 15.8 Å². The van der Waals surface area contributed by atoms with E-state index >= 15 is 0 Å². The molecule has 0 radical (unpaired) electrons. The lowest BCUT2D eigenvalue weighted by molar-refractivity contribution is -0.113. The van der Waals surface area contributed by atoms with Crippen LogP contribution in [0.1, 0.15) is 22.9 Å². The lowest BCUT2D eigenvalue weighted by Crippen LogP contribution is -2.35. The molecule has 0 unspecified atom stereocenters. The van der Waals surface area contributed by atoms with E-state index in [9.17, 15) is 18.0 Å². The molecule has 0 aliphatic carbocycles. The monoisotopic (exact) mass is 555 g/mol. The summed E-state index contributed by atoms with van der Waals surface area (Å²) in [7, 11) is -3.81. The van der Waals surface area contributed by atoms with Crippen LogP contribution in [0.3, 0.4) is 0 Å². The van der Waals surface area contributed by atoms with Gasteiger partial charge in [-0.2, -0.15) is 0 Å². The number of hydrogen-bond donors (Lipinski definition) is 1. The van der Waals surface area contributed by atoms with Gasteiger partial charge in [-0.3, -0.25) is 4.79 Å². The van der Waals surface area contributed by atoms with Gasteiger partial charge >= 0.3 is 6.09 Å². The van der Waals surface area contributed by atoms with E-state index in [1.165, 1.54) is 34.8 Å². The van der Waals surface area contributed by atoms with Gasteiger partial charge in [0, 0.05) is 17.0 Å². The standard InChI is InChI=1S/C26H25N3O5S3/c1-3-34-26(31)29-13-12-18-21(14-29)36-25(23(18)24-27-19-6-4-5-7-20(19)35-24)28-22(30)15-37(32,33)17-10-8-16(2)9-11-17/h4-11H,3,12-15H2,1-2H3,(H,28,30). The molecule has 1 aliphatic rings. The van der Waals surface area contributed by atoms with Crippen LogP contribution in [0, 0.1) is 6.92 Å². The first-order valence-corrected chi connectivity index (χ1v) is 15.0. The van der Waals surface area contributed by atoms with E-state index in [4.69, 9.17) is 9.72 Å². The van der Waals surface area contributed by atoms with Crippen molar-refractivity contribution in [3.63, 3.8) is 0 Å². The van der Waals surface area contributed by atoms with Crippen LogP contribution in [0.4, 0.5) is 9.80 Å². The molecule has 2 aromatic carbocycles. The van der Waals surface area contributed by atoms with Crippen molar-refractivity contribution in [3.8, 4) is 10.6 Å². The number of aryl methyl sites for hydroxylation is 1. The summed E-state index contributed by atoms with van der Waals surface area (Å²) < 4.78 is 31.9. The van der Waals surface area contributed by atoms with Gasteiger partial charge in [0.25, 0.3) is 0 Å². The number of aromatic nitrogens is 1. The number of fused-ring (bicyclic) bond motifs is 2. The maximum absolute atomic E-state index is 13.0. The molecule has 4 aromatic rings. The van der Waals surface area contributed by atoms with Crippen LogP contribution >= 0.6 is 22.7 Å². The molecule has 0 bridgehead atoms.